The lowest BCUT2D eigenvalue weighted by Gasteiger charge is -2.17. The molecule has 1 amide bonds. The van der Waals surface area contributed by atoms with Crippen molar-refractivity contribution < 1.29 is 13.2 Å². The van der Waals surface area contributed by atoms with Crippen LogP contribution in [0, 0.1) is 6.92 Å². The summed E-state index contributed by atoms with van der Waals surface area (Å²) >= 11 is 7.04. The topological polar surface area (TPSA) is 87.6 Å². The van der Waals surface area contributed by atoms with E-state index in [0.29, 0.717) is 16.4 Å². The van der Waals surface area contributed by atoms with Gasteiger partial charge in [-0.15, -0.1) is 4.40 Å². The van der Waals surface area contributed by atoms with Crippen LogP contribution in [0.5, 0.6) is 0 Å². The molecule has 0 aromatic heterocycles. The molecule has 130 valence electrons. The largest absolute Gasteiger partial charge is 0.333 e. The highest BCUT2D eigenvalue weighted by atomic mass is 35.5. The molecule has 25 heavy (non-hydrogen) atoms. The van der Waals surface area contributed by atoms with Crippen molar-refractivity contribution >= 4 is 55.8 Å². The second kappa shape index (κ2) is 7.07. The number of halogens is 1. The monoisotopic (exact) mass is 395 g/mol. The summed E-state index contributed by atoms with van der Waals surface area (Å²) in [5, 5.41) is 6.36. The third-order valence-corrected chi connectivity index (χ3v) is 6.14. The van der Waals surface area contributed by atoms with Crippen LogP contribution in [0.3, 0.4) is 0 Å². The second-order valence-corrected chi connectivity index (χ2v) is 8.24. The molecule has 0 aliphatic carbocycles. The van der Waals surface area contributed by atoms with Gasteiger partial charge in [0.1, 0.15) is 4.90 Å². The number of aryl methyl sites for hydroxylation is 1. The molecule has 0 bridgehead atoms. The second-order valence-electron chi connectivity index (χ2n) is 5.29. The van der Waals surface area contributed by atoms with Gasteiger partial charge in [-0.2, -0.15) is 8.42 Å². The standard InChI is InChI=1S/C16H14ClN3O3S2/c1-10-6-7-11(8-12(10)17)18-15(21)9-24-16-19-13-4-2-3-5-14(13)25(22,23)20-16/h2-8H,9H2,1H3,(H,18,21)(H,19,20). The molecule has 0 unspecified atom stereocenters. The number of para-hydroxylation sites is 1. The van der Waals surface area contributed by atoms with Crippen LogP contribution in [-0.4, -0.2) is 25.2 Å². The molecule has 1 aliphatic heterocycles. The van der Waals surface area contributed by atoms with E-state index >= 15 is 0 Å². The zero-order chi connectivity index (χ0) is 18.0. The lowest BCUT2D eigenvalue weighted by Crippen LogP contribution is -2.22. The van der Waals surface area contributed by atoms with Gasteiger partial charge in [-0.05, 0) is 36.8 Å². The van der Waals surface area contributed by atoms with Crippen molar-refractivity contribution in [2.75, 3.05) is 16.4 Å². The van der Waals surface area contributed by atoms with E-state index in [0.717, 1.165) is 17.3 Å². The van der Waals surface area contributed by atoms with Gasteiger partial charge in [0, 0.05) is 10.7 Å². The van der Waals surface area contributed by atoms with Crippen LogP contribution in [0.2, 0.25) is 5.02 Å². The van der Waals surface area contributed by atoms with Gasteiger partial charge < -0.3 is 10.6 Å². The molecule has 3 rings (SSSR count). The first-order valence-corrected chi connectivity index (χ1v) is 10.1. The van der Waals surface area contributed by atoms with Crippen molar-refractivity contribution in [3.8, 4) is 0 Å². The number of nitrogens with one attached hydrogen (secondary N) is 2. The Morgan fingerprint density at radius 3 is 2.80 bits per heavy atom. The summed E-state index contributed by atoms with van der Waals surface area (Å²) in [6, 6.07) is 11.7. The maximum atomic E-state index is 12.1. The fourth-order valence-corrected chi connectivity index (χ4v) is 4.37. The molecule has 9 heteroatoms. The van der Waals surface area contributed by atoms with Crippen LogP contribution in [0.4, 0.5) is 11.4 Å². The van der Waals surface area contributed by atoms with E-state index in [-0.39, 0.29) is 21.7 Å². The minimum atomic E-state index is -3.75. The number of nitrogens with zero attached hydrogens (tertiary/aromatic N) is 1. The first kappa shape index (κ1) is 17.8. The Labute approximate surface area is 154 Å². The number of sulfonamides is 1. The lowest BCUT2D eigenvalue weighted by atomic mass is 10.2. The number of anilines is 2. The summed E-state index contributed by atoms with van der Waals surface area (Å²) in [6.07, 6.45) is 0. The smallest absolute Gasteiger partial charge is 0.286 e. The average Bonchev–Trinajstić information content (AvgIpc) is 2.56. The van der Waals surface area contributed by atoms with Gasteiger partial charge in [-0.1, -0.05) is 41.6 Å². The van der Waals surface area contributed by atoms with Gasteiger partial charge in [0.25, 0.3) is 10.0 Å². The number of benzene rings is 2. The predicted octanol–water partition coefficient (Wildman–Crippen LogP) is 3.49. The van der Waals surface area contributed by atoms with E-state index < -0.39 is 10.0 Å². The summed E-state index contributed by atoms with van der Waals surface area (Å²) in [5.41, 5.74) is 1.95. The quantitative estimate of drug-likeness (QED) is 0.830. The highest BCUT2D eigenvalue weighted by molar-refractivity contribution is 8.15. The number of hydrogen-bond acceptors (Lipinski definition) is 5. The SMILES string of the molecule is Cc1ccc(NC(=O)CSC2=NS(=O)(=O)c3ccccc3N2)cc1Cl. The molecular formula is C16H14ClN3O3S2. The first-order valence-electron chi connectivity index (χ1n) is 7.25. The summed E-state index contributed by atoms with van der Waals surface area (Å²) < 4.78 is 28.0. The van der Waals surface area contributed by atoms with Crippen molar-refractivity contribution in [3.63, 3.8) is 0 Å². The molecule has 0 fully saturated rings. The summed E-state index contributed by atoms with van der Waals surface area (Å²) in [4.78, 5) is 12.2. The molecule has 6 nitrogen and oxygen atoms in total. The Morgan fingerprint density at radius 1 is 1.28 bits per heavy atom. The van der Waals surface area contributed by atoms with E-state index in [9.17, 15) is 13.2 Å². The van der Waals surface area contributed by atoms with E-state index in [1.165, 1.54) is 6.07 Å². The van der Waals surface area contributed by atoms with E-state index in [1.54, 1.807) is 36.4 Å². The number of carbonyl (C=O) groups is 1. The van der Waals surface area contributed by atoms with Crippen molar-refractivity contribution in [2.24, 2.45) is 4.40 Å². The number of amidine groups is 1. The summed E-state index contributed by atoms with van der Waals surface area (Å²) in [5.74, 6) is -0.277. The van der Waals surface area contributed by atoms with Crippen molar-refractivity contribution in [1.82, 2.24) is 0 Å². The molecule has 2 aromatic carbocycles. The molecule has 1 heterocycles. The zero-order valence-electron chi connectivity index (χ0n) is 13.1. The Hall–Kier alpha value is -2.03. The Morgan fingerprint density at radius 2 is 2.04 bits per heavy atom. The van der Waals surface area contributed by atoms with Gasteiger partial charge in [0.2, 0.25) is 5.91 Å². The number of carbonyl (C=O) groups excluding carboxylic acids is 1. The number of hydrogen-bond donors (Lipinski definition) is 2. The van der Waals surface area contributed by atoms with E-state index in [1.807, 2.05) is 6.92 Å². The molecule has 0 spiro atoms. The third kappa shape index (κ3) is 4.15. The van der Waals surface area contributed by atoms with Crippen LogP contribution >= 0.6 is 23.4 Å². The van der Waals surface area contributed by atoms with Crippen LogP contribution in [0.1, 0.15) is 5.56 Å². The van der Waals surface area contributed by atoms with Crippen LogP contribution in [-0.2, 0) is 14.8 Å². The van der Waals surface area contributed by atoms with Crippen LogP contribution in [0.25, 0.3) is 0 Å². The maximum Gasteiger partial charge on any atom is 0.286 e. The van der Waals surface area contributed by atoms with Gasteiger partial charge in [0.05, 0.1) is 11.4 Å². The van der Waals surface area contributed by atoms with E-state index in [4.69, 9.17) is 11.6 Å². The number of thioether (sulfide) groups is 1. The Balaban J connectivity index is 1.65. The van der Waals surface area contributed by atoms with Crippen molar-refractivity contribution in [2.45, 2.75) is 11.8 Å². The first-order chi connectivity index (χ1) is 11.8. The van der Waals surface area contributed by atoms with Gasteiger partial charge in [-0.3, -0.25) is 4.79 Å². The van der Waals surface area contributed by atoms with Gasteiger partial charge in [0.15, 0.2) is 5.17 Å². The third-order valence-electron chi connectivity index (χ3n) is 3.41. The predicted molar refractivity (Wildman–Crippen MR) is 102 cm³/mol. The number of amides is 1. The number of rotatable bonds is 3. The van der Waals surface area contributed by atoms with Crippen molar-refractivity contribution in [3.05, 3.63) is 53.1 Å². The summed E-state index contributed by atoms with van der Waals surface area (Å²) in [6.45, 7) is 1.87. The molecular weight excluding hydrogens is 382 g/mol. The normalized spacial score (nSPS) is 14.9. The summed E-state index contributed by atoms with van der Waals surface area (Å²) in [7, 11) is -3.75. The molecule has 0 saturated carbocycles. The molecule has 0 saturated heterocycles. The molecule has 1 aliphatic rings. The minimum Gasteiger partial charge on any atom is -0.333 e. The molecule has 2 N–H and O–H groups in total. The zero-order valence-corrected chi connectivity index (χ0v) is 15.5. The fraction of sp³-hybridized carbons (Fsp3) is 0.125. The fourth-order valence-electron chi connectivity index (χ4n) is 2.16. The van der Waals surface area contributed by atoms with Gasteiger partial charge >= 0.3 is 0 Å². The van der Waals surface area contributed by atoms with Crippen molar-refractivity contribution in [1.29, 1.82) is 0 Å². The van der Waals surface area contributed by atoms with Gasteiger partial charge in [-0.25, -0.2) is 0 Å². The van der Waals surface area contributed by atoms with Crippen LogP contribution < -0.4 is 10.6 Å². The molecule has 2 aromatic rings. The lowest BCUT2D eigenvalue weighted by molar-refractivity contribution is -0.113. The highest BCUT2D eigenvalue weighted by Crippen LogP contribution is 2.29. The molecule has 0 radical (unpaired) electrons. The average molecular weight is 396 g/mol. The minimum absolute atomic E-state index is 0.00894. The maximum absolute atomic E-state index is 12.1. The Kier molecular flexibility index (Phi) is 5.03. The highest BCUT2D eigenvalue weighted by Gasteiger charge is 2.24. The van der Waals surface area contributed by atoms with E-state index in [2.05, 4.69) is 15.0 Å². The Bertz CT molecular complexity index is 974. The van der Waals surface area contributed by atoms with Crippen LogP contribution in [0.15, 0.2) is 51.8 Å². The molecule has 0 atom stereocenters. The number of fused-ring (bicyclic) bond motifs is 1.